The van der Waals surface area contributed by atoms with Gasteiger partial charge in [-0.05, 0) is 33.7 Å². The zero-order chi connectivity index (χ0) is 13.1. The molecule has 0 bridgehead atoms. The molecule has 3 nitrogen and oxygen atoms in total. The van der Waals surface area contributed by atoms with Crippen LogP contribution in [0.5, 0.6) is 0 Å². The third kappa shape index (κ3) is 9.43. The van der Waals surface area contributed by atoms with Gasteiger partial charge in [-0.25, -0.2) is 0 Å². The van der Waals surface area contributed by atoms with E-state index in [-0.39, 0.29) is 6.54 Å². The van der Waals surface area contributed by atoms with Crippen LogP contribution in [0.2, 0.25) is 1.41 Å². The summed E-state index contributed by atoms with van der Waals surface area (Å²) in [6.45, 7) is 4.98. The fraction of sp³-hybridized carbons (Fsp3) is 0.875. The van der Waals surface area contributed by atoms with Crippen molar-refractivity contribution in [3.8, 4) is 0 Å². The lowest BCUT2D eigenvalue weighted by Gasteiger charge is -2.19. The summed E-state index contributed by atoms with van der Waals surface area (Å²) in [5.41, 5.74) is -0.541. The molecule has 1 atom stereocenters. The maximum Gasteiger partial charge on any atom is 0.303 e. The number of carbonyl (C=O) groups is 1. The predicted octanol–water partition coefficient (Wildman–Crippen LogP) is 1.24. The second kappa shape index (κ2) is 4.34. The van der Waals surface area contributed by atoms with E-state index in [9.17, 15) is 4.79 Å². The minimum atomic E-state index is -2.58. The third-order valence-electron chi connectivity index (χ3n) is 0.877. The standard InChI is InChI=1S/C8H17NO2/c1-8(2,3)9-6-4-5-7(10)11/h9H,4-6H2,1-3H3,(H,10,11)/i4D,5D2/hD2. The molecule has 0 radical (unpaired) electrons. The minimum Gasteiger partial charge on any atom is -0.481 e. The summed E-state index contributed by atoms with van der Waals surface area (Å²) in [4.78, 5) is 10.9. The molecule has 0 aliphatic rings. The Labute approximate surface area is 75.0 Å². The van der Waals surface area contributed by atoms with Gasteiger partial charge in [0.1, 0.15) is 1.41 Å². The summed E-state index contributed by atoms with van der Waals surface area (Å²) in [6.07, 6.45) is -4.05. The van der Waals surface area contributed by atoms with E-state index in [1.54, 1.807) is 20.8 Å². The van der Waals surface area contributed by atoms with Crippen molar-refractivity contribution in [1.82, 2.24) is 5.31 Å². The van der Waals surface area contributed by atoms with Crippen molar-refractivity contribution in [3.63, 3.8) is 0 Å². The molecule has 2 N–H and O–H groups in total. The lowest BCUT2D eigenvalue weighted by Crippen LogP contribution is -2.36. The maximum atomic E-state index is 10.9. The van der Waals surface area contributed by atoms with E-state index in [1.165, 1.54) is 0 Å². The lowest BCUT2D eigenvalue weighted by atomic mass is 10.1. The van der Waals surface area contributed by atoms with Gasteiger partial charge in [0.2, 0.25) is 0 Å². The summed E-state index contributed by atoms with van der Waals surface area (Å²) in [7, 11) is 0. The zero-order valence-corrected chi connectivity index (χ0v) is 7.05. The number of aliphatic carboxylic acids is 1. The molecule has 11 heavy (non-hydrogen) atoms. The van der Waals surface area contributed by atoms with Gasteiger partial charge in [0.05, 0.1) is 0 Å². The van der Waals surface area contributed by atoms with Crippen molar-refractivity contribution in [3.05, 3.63) is 0 Å². The molecular formula is C8H17NO2. The molecule has 0 saturated heterocycles. The number of hydrogen-bond acceptors (Lipinski definition) is 3. The largest absolute Gasteiger partial charge is 0.481 e. The first-order chi connectivity index (χ1) is 7.03. The summed E-state index contributed by atoms with van der Waals surface area (Å²) in [6, 6.07) is 0. The Morgan fingerprint density at radius 3 is 2.91 bits per heavy atom. The molecule has 0 rings (SSSR count). The highest BCUT2D eigenvalue weighted by Crippen LogP contribution is 1.98. The first-order valence-electron chi connectivity index (χ1n) is 5.83. The Morgan fingerprint density at radius 2 is 2.45 bits per heavy atom. The van der Waals surface area contributed by atoms with Crippen LogP contribution in [0.4, 0.5) is 0 Å². The van der Waals surface area contributed by atoms with E-state index >= 15 is 0 Å². The highest BCUT2D eigenvalue weighted by atomic mass is 16.4. The van der Waals surface area contributed by atoms with Crippen LogP contribution in [0.25, 0.3) is 1.43 Å². The van der Waals surface area contributed by atoms with Crippen LogP contribution >= 0.6 is 0 Å². The van der Waals surface area contributed by atoms with Gasteiger partial charge >= 0.3 is 5.97 Å². The second-order valence-corrected chi connectivity index (χ2v) is 3.15. The van der Waals surface area contributed by atoms with Gasteiger partial charge in [-0.15, -0.1) is 0 Å². The molecule has 0 heterocycles. The van der Waals surface area contributed by atoms with Gasteiger partial charge in [-0.1, -0.05) is 0 Å². The van der Waals surface area contributed by atoms with Crippen molar-refractivity contribution in [2.75, 3.05) is 6.54 Å². The molecule has 3 heteroatoms. The van der Waals surface area contributed by atoms with Crippen LogP contribution < -0.4 is 5.31 Å². The minimum absolute atomic E-state index is 0.244. The zero-order valence-electron chi connectivity index (χ0n) is 12.0. The number of carboxylic acids is 1. The Kier molecular flexibility index (Phi) is 1.76. The molecule has 66 valence electrons. The monoisotopic (exact) mass is 164 g/mol. The lowest BCUT2D eigenvalue weighted by molar-refractivity contribution is -0.137. The smallest absolute Gasteiger partial charge is 0.303 e. The molecule has 0 aromatic heterocycles. The third-order valence-corrected chi connectivity index (χ3v) is 0.877. The fourth-order valence-corrected chi connectivity index (χ4v) is 0.448. The normalized spacial score (nSPS) is 22.4. The Balaban J connectivity index is 4.58. The maximum absolute atomic E-state index is 10.9. The van der Waals surface area contributed by atoms with Gasteiger partial charge in [0.25, 0.3) is 1.43 Å². The molecule has 1 unspecified atom stereocenters. The first kappa shape index (κ1) is 4.45. The summed E-state index contributed by atoms with van der Waals surface area (Å²) in [5, 5.41) is 4.57. The highest BCUT2D eigenvalue weighted by Gasteiger charge is 2.07. The second-order valence-electron chi connectivity index (χ2n) is 3.15. The number of nitrogens with one attached hydrogen (secondary N) is 1. The average molecular weight is 164 g/mol. The fourth-order valence-electron chi connectivity index (χ4n) is 0.448. The van der Waals surface area contributed by atoms with Crippen LogP contribution in [0.15, 0.2) is 0 Å². The highest BCUT2D eigenvalue weighted by molar-refractivity contribution is 5.66. The Morgan fingerprint density at radius 1 is 1.82 bits per heavy atom. The molecule has 0 aromatic carbocycles. The van der Waals surface area contributed by atoms with Crippen LogP contribution in [0.3, 0.4) is 0 Å². The first-order valence-corrected chi connectivity index (χ1v) is 3.40. The van der Waals surface area contributed by atoms with Crippen LogP contribution in [-0.4, -0.2) is 23.2 Å². The predicted molar refractivity (Wildman–Crippen MR) is 44.6 cm³/mol. The molecule has 0 saturated carbocycles. The van der Waals surface area contributed by atoms with Gasteiger partial charge in [-0.2, -0.15) is 0 Å². The topological polar surface area (TPSA) is 49.3 Å². The van der Waals surface area contributed by atoms with Gasteiger partial charge in [-0.3, -0.25) is 4.79 Å². The number of carboxylic acid groups (broad SMARTS) is 1. The Hall–Kier alpha value is -0.570. The number of hydrogen-bond donors (Lipinski definition) is 2. The molecule has 0 aromatic rings. The van der Waals surface area contributed by atoms with E-state index in [1.807, 2.05) is 0 Å². The average Bonchev–Trinajstić information content (AvgIpc) is 2.14. The van der Waals surface area contributed by atoms with Crippen molar-refractivity contribution in [1.29, 1.82) is 1.43 Å². The quantitative estimate of drug-likeness (QED) is 0.657. The van der Waals surface area contributed by atoms with Gasteiger partial charge in [0.15, 0.2) is 0 Å². The van der Waals surface area contributed by atoms with E-state index < -0.39 is 24.3 Å². The van der Waals surface area contributed by atoms with E-state index in [0.717, 1.165) is 5.31 Å². The molecule has 0 fully saturated rings. The van der Waals surface area contributed by atoms with Crippen molar-refractivity contribution < 1.29 is 15.4 Å². The van der Waals surface area contributed by atoms with Crippen molar-refractivity contribution in [2.45, 2.75) is 39.1 Å². The van der Waals surface area contributed by atoms with Gasteiger partial charge in [0, 0.05) is 16.0 Å². The van der Waals surface area contributed by atoms with Crippen LogP contribution in [0, 0.1) is 0 Å². The van der Waals surface area contributed by atoms with Crippen molar-refractivity contribution >= 4 is 5.97 Å². The molecule has 0 amide bonds. The van der Waals surface area contributed by atoms with E-state index in [4.69, 9.17) is 6.96 Å². The van der Waals surface area contributed by atoms with Crippen molar-refractivity contribution in [2.24, 2.45) is 0 Å². The molecule has 0 aliphatic carbocycles. The van der Waals surface area contributed by atoms with Crippen LogP contribution in [-0.2, 0) is 4.79 Å². The van der Waals surface area contributed by atoms with E-state index in [0.29, 0.717) is 0 Å². The summed E-state index contributed by atoms with van der Waals surface area (Å²) >= 11 is 0. The van der Waals surface area contributed by atoms with E-state index in [2.05, 4.69) is 5.11 Å². The molecule has 0 aliphatic heterocycles. The van der Waals surface area contributed by atoms with Gasteiger partial charge < -0.3 is 10.4 Å². The summed E-state index contributed by atoms with van der Waals surface area (Å²) < 4.78 is 36.0. The SMILES string of the molecule is [2H]OC(=O)C([2H])([2H])C([2H])CN([2H])C(C)(C)C. The Bertz CT molecular complexity index is 253. The van der Waals surface area contributed by atoms with Crippen LogP contribution in [0.1, 0.15) is 37.7 Å². The summed E-state index contributed by atoms with van der Waals surface area (Å²) in [5.74, 6) is -1.41. The molecule has 0 spiro atoms. The number of rotatable bonds is 4. The molecular weight excluding hydrogens is 142 g/mol.